The number of benzene rings is 3. The number of halogens is 1. The summed E-state index contributed by atoms with van der Waals surface area (Å²) in [5.41, 5.74) is 1.63. The van der Waals surface area contributed by atoms with Crippen molar-refractivity contribution in [3.8, 4) is 5.75 Å². The van der Waals surface area contributed by atoms with Gasteiger partial charge < -0.3 is 15.0 Å². The average Bonchev–Trinajstić information content (AvgIpc) is 2.80. The molecule has 3 aromatic rings. The van der Waals surface area contributed by atoms with Crippen LogP contribution < -0.4 is 10.1 Å². The predicted molar refractivity (Wildman–Crippen MR) is 119 cm³/mol. The molecule has 160 valence electrons. The largest absolute Gasteiger partial charge is 0.496 e. The average molecular weight is 420 g/mol. The monoisotopic (exact) mass is 420 g/mol. The molecular weight excluding hydrogens is 395 g/mol. The van der Waals surface area contributed by atoms with Crippen LogP contribution in [0.15, 0.2) is 54.6 Å². The second kappa shape index (κ2) is 8.76. The third kappa shape index (κ3) is 4.24. The number of likely N-dealkylation sites (tertiary alicyclic amines) is 1. The summed E-state index contributed by atoms with van der Waals surface area (Å²) < 4.78 is 19.5. The second-order valence-corrected chi connectivity index (χ2v) is 7.92. The van der Waals surface area contributed by atoms with Crippen molar-refractivity contribution in [1.29, 1.82) is 0 Å². The van der Waals surface area contributed by atoms with Crippen molar-refractivity contribution < 1.29 is 18.7 Å². The first-order chi connectivity index (χ1) is 15.0. The molecule has 0 unspecified atom stereocenters. The van der Waals surface area contributed by atoms with Crippen molar-refractivity contribution in [2.24, 2.45) is 5.92 Å². The van der Waals surface area contributed by atoms with Gasteiger partial charge in [-0.3, -0.25) is 9.59 Å². The van der Waals surface area contributed by atoms with E-state index in [9.17, 15) is 14.0 Å². The molecule has 3 aromatic carbocycles. The molecule has 1 atom stereocenters. The summed E-state index contributed by atoms with van der Waals surface area (Å²) >= 11 is 0. The number of hydrogen-bond acceptors (Lipinski definition) is 3. The molecule has 1 aliphatic rings. The van der Waals surface area contributed by atoms with E-state index in [1.165, 1.54) is 6.07 Å². The van der Waals surface area contributed by atoms with Gasteiger partial charge in [0.1, 0.15) is 11.6 Å². The van der Waals surface area contributed by atoms with Crippen molar-refractivity contribution in [2.75, 3.05) is 25.5 Å². The number of hydrogen-bond donors (Lipinski definition) is 1. The molecule has 0 spiro atoms. The highest BCUT2D eigenvalue weighted by atomic mass is 19.1. The molecule has 0 radical (unpaired) electrons. The van der Waals surface area contributed by atoms with E-state index in [0.717, 1.165) is 16.3 Å². The Hall–Kier alpha value is -3.41. The third-order valence-electron chi connectivity index (χ3n) is 5.79. The van der Waals surface area contributed by atoms with Gasteiger partial charge in [0, 0.05) is 24.0 Å². The number of ether oxygens (including phenoxy) is 1. The molecule has 4 rings (SSSR count). The number of piperidine rings is 1. The zero-order valence-electron chi connectivity index (χ0n) is 17.7. The number of methoxy groups -OCH3 is 1. The van der Waals surface area contributed by atoms with Gasteiger partial charge in [0.25, 0.3) is 5.91 Å². The standard InChI is InChI=1S/C25H25FN2O3/c1-16-9-11-21(26)22(14-16)27-24(29)17-6-5-13-28(15-17)25(30)20-10-12-23(31-2)19-8-4-3-7-18(19)20/h3-4,7-12,14,17H,5-6,13,15H2,1-2H3,(H,27,29)/t17-/m0/s1. The van der Waals surface area contributed by atoms with Gasteiger partial charge in [0.15, 0.2) is 0 Å². The van der Waals surface area contributed by atoms with Crippen LogP contribution in [-0.4, -0.2) is 36.9 Å². The Morgan fingerprint density at radius 3 is 2.65 bits per heavy atom. The molecule has 0 aliphatic carbocycles. The maximum atomic E-state index is 14.0. The van der Waals surface area contributed by atoms with Crippen LogP contribution in [0.3, 0.4) is 0 Å². The fraction of sp³-hybridized carbons (Fsp3) is 0.280. The quantitative estimate of drug-likeness (QED) is 0.660. The second-order valence-electron chi connectivity index (χ2n) is 7.92. The van der Waals surface area contributed by atoms with Gasteiger partial charge in [-0.25, -0.2) is 4.39 Å². The fourth-order valence-electron chi connectivity index (χ4n) is 4.15. The minimum absolute atomic E-state index is 0.113. The lowest BCUT2D eigenvalue weighted by Gasteiger charge is -2.32. The van der Waals surface area contributed by atoms with Crippen LogP contribution in [0.2, 0.25) is 0 Å². The summed E-state index contributed by atoms with van der Waals surface area (Å²) in [5.74, 6) is -0.516. The van der Waals surface area contributed by atoms with Crippen molar-refractivity contribution in [2.45, 2.75) is 19.8 Å². The number of carbonyl (C=O) groups excluding carboxylic acids is 2. The lowest BCUT2D eigenvalue weighted by molar-refractivity contribution is -0.121. The Kier molecular flexibility index (Phi) is 5.89. The predicted octanol–water partition coefficient (Wildman–Crippen LogP) is 4.79. The maximum Gasteiger partial charge on any atom is 0.254 e. The van der Waals surface area contributed by atoms with Crippen LogP contribution in [0.1, 0.15) is 28.8 Å². The Morgan fingerprint density at radius 1 is 1.10 bits per heavy atom. The van der Waals surface area contributed by atoms with Gasteiger partial charge >= 0.3 is 0 Å². The molecule has 0 saturated carbocycles. The number of aryl methyl sites for hydroxylation is 1. The van der Waals surface area contributed by atoms with E-state index in [0.29, 0.717) is 37.2 Å². The molecule has 6 heteroatoms. The van der Waals surface area contributed by atoms with E-state index < -0.39 is 5.82 Å². The Balaban J connectivity index is 1.54. The normalized spacial score (nSPS) is 16.2. The summed E-state index contributed by atoms with van der Waals surface area (Å²) in [7, 11) is 1.61. The summed E-state index contributed by atoms with van der Waals surface area (Å²) in [6, 6.07) is 15.8. The smallest absolute Gasteiger partial charge is 0.254 e. The van der Waals surface area contributed by atoms with E-state index in [1.807, 2.05) is 31.2 Å². The van der Waals surface area contributed by atoms with Gasteiger partial charge in [-0.05, 0) is 55.0 Å². The lowest BCUT2D eigenvalue weighted by Crippen LogP contribution is -2.43. The number of nitrogens with zero attached hydrogens (tertiary/aromatic N) is 1. The van der Waals surface area contributed by atoms with Crippen LogP contribution >= 0.6 is 0 Å². The van der Waals surface area contributed by atoms with Gasteiger partial charge in [-0.2, -0.15) is 0 Å². The van der Waals surface area contributed by atoms with Gasteiger partial charge in [-0.15, -0.1) is 0 Å². The Bertz CT molecular complexity index is 1140. The number of anilines is 1. The number of rotatable bonds is 4. The van der Waals surface area contributed by atoms with Crippen LogP contribution in [0.5, 0.6) is 5.75 Å². The van der Waals surface area contributed by atoms with Crippen molar-refractivity contribution in [3.63, 3.8) is 0 Å². The van der Waals surface area contributed by atoms with Crippen LogP contribution in [0.25, 0.3) is 10.8 Å². The molecule has 5 nitrogen and oxygen atoms in total. The topological polar surface area (TPSA) is 58.6 Å². The Labute approximate surface area is 180 Å². The lowest BCUT2D eigenvalue weighted by atomic mass is 9.95. The molecule has 0 aromatic heterocycles. The number of nitrogens with one attached hydrogen (secondary N) is 1. The summed E-state index contributed by atoms with van der Waals surface area (Å²) in [6.07, 6.45) is 1.38. The van der Waals surface area contributed by atoms with Gasteiger partial charge in [-0.1, -0.05) is 30.3 Å². The molecule has 1 aliphatic heterocycles. The van der Waals surface area contributed by atoms with E-state index in [1.54, 1.807) is 36.3 Å². The van der Waals surface area contributed by atoms with Gasteiger partial charge in [0.05, 0.1) is 18.7 Å². The number of carbonyl (C=O) groups is 2. The molecule has 2 amide bonds. The van der Waals surface area contributed by atoms with Crippen molar-refractivity contribution >= 4 is 28.3 Å². The molecule has 0 bridgehead atoms. The van der Waals surface area contributed by atoms with Crippen LogP contribution in [0, 0.1) is 18.7 Å². The van der Waals surface area contributed by atoms with E-state index in [4.69, 9.17) is 4.74 Å². The highest BCUT2D eigenvalue weighted by Crippen LogP contribution is 2.30. The Morgan fingerprint density at radius 2 is 1.87 bits per heavy atom. The highest BCUT2D eigenvalue weighted by molar-refractivity contribution is 6.08. The molecule has 1 N–H and O–H groups in total. The minimum Gasteiger partial charge on any atom is -0.496 e. The van der Waals surface area contributed by atoms with E-state index in [-0.39, 0.29) is 23.4 Å². The third-order valence-corrected chi connectivity index (χ3v) is 5.79. The summed E-state index contributed by atoms with van der Waals surface area (Å²) in [6.45, 7) is 2.73. The van der Waals surface area contributed by atoms with E-state index >= 15 is 0 Å². The van der Waals surface area contributed by atoms with E-state index in [2.05, 4.69) is 5.32 Å². The van der Waals surface area contributed by atoms with Crippen molar-refractivity contribution in [1.82, 2.24) is 4.90 Å². The number of amides is 2. The molecular formula is C25H25FN2O3. The summed E-state index contributed by atoms with van der Waals surface area (Å²) in [4.78, 5) is 27.8. The first kappa shape index (κ1) is 20.8. The first-order valence-electron chi connectivity index (χ1n) is 10.4. The maximum absolute atomic E-state index is 14.0. The SMILES string of the molecule is COc1ccc(C(=O)N2CCC[C@H](C(=O)Nc3cc(C)ccc3F)C2)c2ccccc12. The van der Waals surface area contributed by atoms with Crippen molar-refractivity contribution in [3.05, 3.63) is 71.5 Å². The molecule has 1 saturated heterocycles. The highest BCUT2D eigenvalue weighted by Gasteiger charge is 2.30. The molecule has 31 heavy (non-hydrogen) atoms. The number of fused-ring (bicyclic) bond motifs is 1. The van der Waals surface area contributed by atoms with Crippen LogP contribution in [0.4, 0.5) is 10.1 Å². The van der Waals surface area contributed by atoms with Gasteiger partial charge in [0.2, 0.25) is 5.91 Å². The fourth-order valence-corrected chi connectivity index (χ4v) is 4.15. The first-order valence-corrected chi connectivity index (χ1v) is 10.4. The zero-order chi connectivity index (χ0) is 22.0. The summed E-state index contributed by atoms with van der Waals surface area (Å²) in [5, 5.41) is 4.39. The minimum atomic E-state index is -0.465. The molecule has 1 heterocycles. The van der Waals surface area contributed by atoms with Crippen LogP contribution in [-0.2, 0) is 4.79 Å². The molecule has 1 fully saturated rings. The zero-order valence-corrected chi connectivity index (χ0v) is 17.7.